The Balaban J connectivity index is 1.22. The van der Waals surface area contributed by atoms with Crippen molar-refractivity contribution in [1.29, 1.82) is 0 Å². The molecule has 0 radical (unpaired) electrons. The van der Waals surface area contributed by atoms with E-state index in [2.05, 4.69) is 21.3 Å². The summed E-state index contributed by atoms with van der Waals surface area (Å²) in [4.78, 5) is 37.2. The summed E-state index contributed by atoms with van der Waals surface area (Å²) in [7, 11) is 0. The van der Waals surface area contributed by atoms with Crippen LogP contribution in [0.1, 0.15) is 58.4 Å². The van der Waals surface area contributed by atoms with Crippen molar-refractivity contribution in [3.8, 4) is 0 Å². The molecule has 186 valence electrons. The van der Waals surface area contributed by atoms with E-state index in [1.165, 1.54) is 19.3 Å². The molecule has 3 amide bonds. The number of rotatable bonds is 8. The molecule has 1 fully saturated rings. The van der Waals surface area contributed by atoms with Crippen LogP contribution in [0.2, 0.25) is 0 Å². The number of nitrogens with one attached hydrogen (secondary N) is 4. The number of hydrogen-bond acceptors (Lipinski definition) is 4. The van der Waals surface area contributed by atoms with Gasteiger partial charge in [0.1, 0.15) is 0 Å². The number of carbonyl (C=O) groups excluding carboxylic acids is 3. The molecule has 3 aromatic carbocycles. The average Bonchev–Trinajstić information content (AvgIpc) is 2.89. The van der Waals surface area contributed by atoms with Crippen LogP contribution in [0, 0.1) is 6.92 Å². The molecule has 4 N–H and O–H groups in total. The molecular weight excluding hydrogens is 452 g/mol. The molecule has 1 aliphatic carbocycles. The zero-order valence-electron chi connectivity index (χ0n) is 20.5. The maximum atomic E-state index is 12.4. The summed E-state index contributed by atoms with van der Waals surface area (Å²) in [5.41, 5.74) is 4.28. The highest BCUT2D eigenvalue weighted by molar-refractivity contribution is 6.04. The first-order chi connectivity index (χ1) is 17.5. The van der Waals surface area contributed by atoms with Crippen LogP contribution < -0.4 is 21.3 Å². The molecule has 4 rings (SSSR count). The fourth-order valence-electron chi connectivity index (χ4n) is 4.27. The van der Waals surface area contributed by atoms with Crippen LogP contribution in [-0.4, -0.2) is 30.3 Å². The van der Waals surface area contributed by atoms with E-state index in [0.717, 1.165) is 24.1 Å². The molecule has 1 saturated carbocycles. The Labute approximate surface area is 211 Å². The smallest absolute Gasteiger partial charge is 0.255 e. The standard InChI is InChI=1S/C29H32N4O3/c1-20-6-5-7-22(18-20)29(36)33-26-16-14-23(15-17-26)30-19-27(34)31-25-12-10-21(11-13-25)28(35)32-24-8-3-2-4-9-24/h5-7,10-18,24,30H,2-4,8-9,19H2,1H3,(H,31,34)(H,32,35)(H,33,36). The van der Waals surface area contributed by atoms with Gasteiger partial charge in [0, 0.05) is 34.2 Å². The van der Waals surface area contributed by atoms with Crippen molar-refractivity contribution in [2.45, 2.75) is 45.1 Å². The van der Waals surface area contributed by atoms with Gasteiger partial charge in [-0.2, -0.15) is 0 Å². The molecule has 0 bridgehead atoms. The molecule has 3 aromatic rings. The number of carbonyl (C=O) groups is 3. The van der Waals surface area contributed by atoms with E-state index in [-0.39, 0.29) is 30.3 Å². The average molecular weight is 485 g/mol. The highest BCUT2D eigenvalue weighted by Crippen LogP contribution is 2.19. The Morgan fingerprint density at radius 3 is 2.06 bits per heavy atom. The monoisotopic (exact) mass is 484 g/mol. The number of benzene rings is 3. The molecule has 0 spiro atoms. The summed E-state index contributed by atoms with van der Waals surface area (Å²) in [6, 6.07) is 21.8. The molecule has 1 aliphatic rings. The van der Waals surface area contributed by atoms with Gasteiger partial charge in [-0.15, -0.1) is 0 Å². The van der Waals surface area contributed by atoms with E-state index in [1.54, 1.807) is 54.6 Å². The minimum absolute atomic E-state index is 0.0695. The Bertz CT molecular complexity index is 1200. The Hall–Kier alpha value is -4.13. The summed E-state index contributed by atoms with van der Waals surface area (Å²) in [5, 5.41) is 11.9. The Morgan fingerprint density at radius 1 is 0.722 bits per heavy atom. The minimum Gasteiger partial charge on any atom is -0.376 e. The fraction of sp³-hybridized carbons (Fsp3) is 0.276. The van der Waals surface area contributed by atoms with Gasteiger partial charge in [-0.1, -0.05) is 37.0 Å². The van der Waals surface area contributed by atoms with Crippen LogP contribution in [0.4, 0.5) is 17.1 Å². The quantitative estimate of drug-likeness (QED) is 0.346. The molecule has 0 aromatic heterocycles. The topological polar surface area (TPSA) is 99.3 Å². The lowest BCUT2D eigenvalue weighted by atomic mass is 9.95. The SMILES string of the molecule is Cc1cccc(C(=O)Nc2ccc(NCC(=O)Nc3ccc(C(=O)NC4CCCCC4)cc3)cc2)c1. The molecule has 7 nitrogen and oxygen atoms in total. The largest absolute Gasteiger partial charge is 0.376 e. The van der Waals surface area contributed by atoms with E-state index in [0.29, 0.717) is 22.5 Å². The van der Waals surface area contributed by atoms with Gasteiger partial charge in [0.05, 0.1) is 6.54 Å². The van der Waals surface area contributed by atoms with Crippen LogP contribution in [0.15, 0.2) is 72.8 Å². The predicted octanol–water partition coefficient (Wildman–Crippen LogP) is 5.36. The summed E-state index contributed by atoms with van der Waals surface area (Å²) < 4.78 is 0. The third-order valence-electron chi connectivity index (χ3n) is 6.25. The van der Waals surface area contributed by atoms with Gasteiger partial charge in [-0.25, -0.2) is 0 Å². The number of anilines is 3. The molecule has 0 saturated heterocycles. The molecular formula is C29H32N4O3. The van der Waals surface area contributed by atoms with Crippen molar-refractivity contribution in [2.75, 3.05) is 22.5 Å². The zero-order chi connectivity index (χ0) is 25.3. The van der Waals surface area contributed by atoms with Crippen molar-refractivity contribution >= 4 is 34.8 Å². The van der Waals surface area contributed by atoms with Crippen molar-refractivity contribution in [3.05, 3.63) is 89.5 Å². The number of aryl methyl sites for hydroxylation is 1. The predicted molar refractivity (Wildman–Crippen MR) is 143 cm³/mol. The minimum atomic E-state index is -0.203. The summed E-state index contributed by atoms with van der Waals surface area (Å²) in [5.74, 6) is -0.442. The number of amides is 3. The van der Waals surface area contributed by atoms with E-state index < -0.39 is 0 Å². The molecule has 0 aliphatic heterocycles. The number of hydrogen-bond donors (Lipinski definition) is 4. The summed E-state index contributed by atoms with van der Waals surface area (Å²) in [6.07, 6.45) is 5.65. The fourth-order valence-corrected chi connectivity index (χ4v) is 4.27. The summed E-state index contributed by atoms with van der Waals surface area (Å²) >= 11 is 0. The van der Waals surface area contributed by atoms with Crippen molar-refractivity contribution in [3.63, 3.8) is 0 Å². The van der Waals surface area contributed by atoms with Gasteiger partial charge >= 0.3 is 0 Å². The highest BCUT2D eigenvalue weighted by Gasteiger charge is 2.16. The third kappa shape index (κ3) is 7.18. The van der Waals surface area contributed by atoms with Gasteiger partial charge < -0.3 is 21.3 Å². The van der Waals surface area contributed by atoms with Crippen LogP contribution in [-0.2, 0) is 4.79 Å². The van der Waals surface area contributed by atoms with Crippen molar-refractivity contribution in [1.82, 2.24) is 5.32 Å². The second-order valence-corrected chi connectivity index (χ2v) is 9.19. The maximum absolute atomic E-state index is 12.4. The highest BCUT2D eigenvalue weighted by atomic mass is 16.2. The van der Waals surface area contributed by atoms with Gasteiger partial charge in [-0.05, 0) is 80.4 Å². The molecule has 0 unspecified atom stereocenters. The van der Waals surface area contributed by atoms with Crippen LogP contribution in [0.25, 0.3) is 0 Å². The Morgan fingerprint density at radius 2 is 1.36 bits per heavy atom. The van der Waals surface area contributed by atoms with E-state index in [4.69, 9.17) is 0 Å². The van der Waals surface area contributed by atoms with E-state index in [9.17, 15) is 14.4 Å². The third-order valence-corrected chi connectivity index (χ3v) is 6.25. The first-order valence-corrected chi connectivity index (χ1v) is 12.4. The second-order valence-electron chi connectivity index (χ2n) is 9.19. The lowest BCUT2D eigenvalue weighted by Gasteiger charge is -2.22. The van der Waals surface area contributed by atoms with Gasteiger partial charge in [0.2, 0.25) is 5.91 Å². The molecule has 0 atom stereocenters. The van der Waals surface area contributed by atoms with Gasteiger partial charge in [0.25, 0.3) is 11.8 Å². The Kier molecular flexibility index (Phi) is 8.34. The van der Waals surface area contributed by atoms with Gasteiger partial charge in [-0.3, -0.25) is 14.4 Å². The van der Waals surface area contributed by atoms with Crippen LogP contribution in [0.3, 0.4) is 0 Å². The van der Waals surface area contributed by atoms with Crippen LogP contribution in [0.5, 0.6) is 0 Å². The van der Waals surface area contributed by atoms with Crippen molar-refractivity contribution in [2.24, 2.45) is 0 Å². The van der Waals surface area contributed by atoms with E-state index >= 15 is 0 Å². The maximum Gasteiger partial charge on any atom is 0.255 e. The van der Waals surface area contributed by atoms with Crippen LogP contribution >= 0.6 is 0 Å². The lowest BCUT2D eigenvalue weighted by Crippen LogP contribution is -2.36. The van der Waals surface area contributed by atoms with E-state index in [1.807, 2.05) is 25.1 Å². The molecule has 7 heteroatoms. The van der Waals surface area contributed by atoms with Crippen molar-refractivity contribution < 1.29 is 14.4 Å². The summed E-state index contributed by atoms with van der Waals surface area (Å²) in [6.45, 7) is 2.03. The normalized spacial score (nSPS) is 13.5. The molecule has 36 heavy (non-hydrogen) atoms. The first-order valence-electron chi connectivity index (χ1n) is 12.4. The zero-order valence-corrected chi connectivity index (χ0v) is 20.5. The second kappa shape index (κ2) is 12.0. The molecule has 0 heterocycles. The van der Waals surface area contributed by atoms with Gasteiger partial charge in [0.15, 0.2) is 0 Å². The lowest BCUT2D eigenvalue weighted by molar-refractivity contribution is -0.114. The first kappa shape index (κ1) is 25.0.